The Kier molecular flexibility index (Phi) is 21.2. The minimum Gasteiger partial charge on any atom is -0.453 e. The van der Waals surface area contributed by atoms with Gasteiger partial charge < -0.3 is 34.7 Å². The number of ether oxygens (including phenoxy) is 1. The average Bonchev–Trinajstić information content (AvgIpc) is 4.06. The summed E-state index contributed by atoms with van der Waals surface area (Å²) >= 11 is 0. The Morgan fingerprint density at radius 3 is 2.06 bits per heavy atom. The summed E-state index contributed by atoms with van der Waals surface area (Å²) in [6.45, 7) is 9.00. The highest BCUT2D eigenvalue weighted by molar-refractivity contribution is 7.59. The molecule has 3 amide bonds. The molecule has 344 valence electrons. The number of benzene rings is 3. The van der Waals surface area contributed by atoms with E-state index in [0.717, 1.165) is 81.5 Å². The van der Waals surface area contributed by atoms with Crippen molar-refractivity contribution in [3.05, 3.63) is 83.6 Å². The third kappa shape index (κ3) is 12.3. The van der Waals surface area contributed by atoms with Crippen LogP contribution in [0, 0.1) is 11.8 Å². The number of amides is 3. The van der Waals surface area contributed by atoms with E-state index in [9.17, 15) is 14.4 Å². The second kappa shape index (κ2) is 24.4. The fourth-order valence-electron chi connectivity index (χ4n) is 8.02. The van der Waals surface area contributed by atoms with Crippen LogP contribution in [0.15, 0.2) is 65.8 Å². The van der Waals surface area contributed by atoms with Crippen LogP contribution in [-0.4, -0.2) is 93.4 Å². The molecule has 0 unspecified atom stereocenters. The van der Waals surface area contributed by atoms with E-state index in [1.54, 1.807) is 0 Å². The van der Waals surface area contributed by atoms with Gasteiger partial charge in [0.1, 0.15) is 23.7 Å². The van der Waals surface area contributed by atoms with E-state index in [-0.39, 0.29) is 97.1 Å². The minimum absolute atomic E-state index is 0. The number of likely N-dealkylation sites (tertiary alicyclic amines) is 2. The molecular weight excluding hydrogens is 877 g/mol. The van der Waals surface area contributed by atoms with Gasteiger partial charge in [-0.25, -0.2) is 19.8 Å². The number of carbonyl (C=O) groups excluding carboxylic acids is 3. The van der Waals surface area contributed by atoms with Gasteiger partial charge in [-0.2, -0.15) is 58.9 Å². The largest absolute Gasteiger partial charge is 0.453 e. The second-order valence-electron chi connectivity index (χ2n) is 15.7. The van der Waals surface area contributed by atoms with Crippen LogP contribution in [0.25, 0.3) is 45.2 Å². The molecule has 3 aromatic carbocycles. The van der Waals surface area contributed by atoms with Crippen molar-refractivity contribution in [2.24, 2.45) is 16.8 Å². The number of nitrogens with zero attached hydrogens (tertiary/aromatic N) is 5. The van der Waals surface area contributed by atoms with Crippen molar-refractivity contribution in [3.8, 4) is 11.3 Å². The number of hydrogen-bond donors (Lipinski definition) is 3. The maximum Gasteiger partial charge on any atom is 0.407 e. The number of rotatable bonds is 13. The summed E-state index contributed by atoms with van der Waals surface area (Å²) in [5.41, 5.74) is 5.74. The highest BCUT2D eigenvalue weighted by atomic mass is 32.1. The Balaban J connectivity index is 0.00000273. The number of aromatic amines is 2. The van der Waals surface area contributed by atoms with Crippen LogP contribution in [0.1, 0.15) is 95.7 Å². The van der Waals surface area contributed by atoms with E-state index in [4.69, 9.17) is 19.6 Å². The third-order valence-corrected chi connectivity index (χ3v) is 11.1. The van der Waals surface area contributed by atoms with Crippen LogP contribution in [0.3, 0.4) is 0 Å². The van der Waals surface area contributed by atoms with Crippen molar-refractivity contribution in [1.29, 1.82) is 0 Å². The molecule has 14 nitrogen and oxygen atoms in total. The zero-order chi connectivity index (χ0) is 40.9. The van der Waals surface area contributed by atoms with Crippen LogP contribution in [0.5, 0.6) is 0 Å². The Morgan fingerprint density at radius 1 is 0.794 bits per heavy atom. The lowest BCUT2D eigenvalue weighted by molar-refractivity contribution is -0.188. The normalized spacial score (nSPS) is 16.9. The SMILES string of the molecule is C.COOC=N[C@H](C(=O)N1CCC[C@H]1c1nc2ccc(/C=C/c3ccc4cc(-c5cnc([C@@H]6CCCN6C(=O)[C@@H](NC(=O)OC)C(C)C)[nH]5)ccc4c3)cc2[nH]1)C(C)C.S.S.S.S. The van der Waals surface area contributed by atoms with Gasteiger partial charge in [0.25, 0.3) is 0 Å². The third-order valence-electron chi connectivity index (χ3n) is 11.1. The Hall–Kier alpha value is -4.62. The molecule has 2 aromatic heterocycles. The zero-order valence-electron chi connectivity index (χ0n) is 35.9. The Morgan fingerprint density at radius 2 is 1.41 bits per heavy atom. The van der Waals surface area contributed by atoms with Gasteiger partial charge in [-0.15, -0.1) is 0 Å². The number of methoxy groups -OCH3 is 1. The van der Waals surface area contributed by atoms with E-state index in [2.05, 4.69) is 85.8 Å². The maximum atomic E-state index is 13.6. The first-order chi connectivity index (χ1) is 28.0. The fourth-order valence-corrected chi connectivity index (χ4v) is 8.02. The van der Waals surface area contributed by atoms with Crippen molar-refractivity contribution >= 4 is 112 Å². The van der Waals surface area contributed by atoms with Gasteiger partial charge in [0.05, 0.1) is 49.2 Å². The highest BCUT2D eigenvalue weighted by Gasteiger charge is 2.38. The number of hydrogen-bond acceptors (Lipinski definition) is 9. The average molecular weight is 941 g/mol. The Labute approximate surface area is 398 Å². The number of aliphatic imine (C=N–C) groups is 1. The van der Waals surface area contributed by atoms with E-state index in [0.29, 0.717) is 13.1 Å². The lowest BCUT2D eigenvalue weighted by Gasteiger charge is -2.30. The minimum atomic E-state index is -0.684. The summed E-state index contributed by atoms with van der Waals surface area (Å²) in [4.78, 5) is 73.2. The van der Waals surface area contributed by atoms with Crippen molar-refractivity contribution in [2.45, 2.75) is 85.0 Å². The van der Waals surface area contributed by atoms with Crippen LogP contribution in [0.2, 0.25) is 0 Å². The van der Waals surface area contributed by atoms with Gasteiger partial charge in [0, 0.05) is 18.7 Å². The molecule has 0 radical (unpaired) electrons. The molecule has 3 N–H and O–H groups in total. The summed E-state index contributed by atoms with van der Waals surface area (Å²) in [6, 6.07) is 17.2. The van der Waals surface area contributed by atoms with Gasteiger partial charge in [-0.3, -0.25) is 9.59 Å². The molecule has 7 rings (SSSR count). The molecule has 2 aliphatic rings. The quantitative estimate of drug-likeness (QED) is 0.0347. The predicted molar refractivity (Wildman–Crippen MR) is 272 cm³/mol. The lowest BCUT2D eigenvalue weighted by atomic mass is 10.0. The fraction of sp³-hybridized carbons (Fsp3) is 0.422. The summed E-state index contributed by atoms with van der Waals surface area (Å²) in [5.74, 6) is 1.22. The van der Waals surface area contributed by atoms with Crippen molar-refractivity contribution in [1.82, 2.24) is 35.1 Å². The maximum absolute atomic E-state index is 13.6. The first-order valence-corrected chi connectivity index (χ1v) is 20.0. The number of alkyl carbamates (subject to hydrolysis) is 1. The number of fused-ring (bicyclic) bond motifs is 2. The summed E-state index contributed by atoms with van der Waals surface area (Å²) in [6.07, 6.45) is 9.94. The van der Waals surface area contributed by atoms with E-state index < -0.39 is 18.2 Å². The molecule has 0 saturated carbocycles. The van der Waals surface area contributed by atoms with Crippen molar-refractivity contribution in [3.63, 3.8) is 0 Å². The summed E-state index contributed by atoms with van der Waals surface area (Å²) in [7, 11) is 2.69. The topological polar surface area (TPSA) is 167 Å². The zero-order valence-corrected chi connectivity index (χ0v) is 39.9. The van der Waals surface area contributed by atoms with Crippen molar-refractivity contribution in [2.75, 3.05) is 27.3 Å². The summed E-state index contributed by atoms with van der Waals surface area (Å²) < 4.78 is 4.77. The predicted octanol–water partition coefficient (Wildman–Crippen LogP) is 8.70. The molecule has 0 spiro atoms. The molecule has 2 saturated heterocycles. The highest BCUT2D eigenvalue weighted by Crippen LogP contribution is 2.35. The molecule has 18 heteroatoms. The van der Waals surface area contributed by atoms with E-state index in [1.165, 1.54) is 20.6 Å². The number of imidazole rings is 2. The first kappa shape index (κ1) is 54.5. The molecule has 2 fully saturated rings. The number of nitrogens with one attached hydrogen (secondary N) is 3. The van der Waals surface area contributed by atoms with Crippen LogP contribution in [0.4, 0.5) is 4.79 Å². The molecule has 5 aromatic rings. The van der Waals surface area contributed by atoms with Crippen LogP contribution >= 0.6 is 54.0 Å². The van der Waals surface area contributed by atoms with Gasteiger partial charge in [-0.05, 0) is 83.7 Å². The van der Waals surface area contributed by atoms with Gasteiger partial charge in [0.2, 0.25) is 18.2 Å². The molecule has 2 aliphatic heterocycles. The van der Waals surface area contributed by atoms with Gasteiger partial charge in [-0.1, -0.05) is 77.6 Å². The summed E-state index contributed by atoms with van der Waals surface area (Å²) in [5, 5.41) is 4.91. The first-order valence-electron chi connectivity index (χ1n) is 20.0. The molecule has 4 atom stereocenters. The molecular formula is C45H64N8O6S4. The Bertz CT molecular complexity index is 2350. The second-order valence-corrected chi connectivity index (χ2v) is 15.7. The molecule has 0 bridgehead atoms. The van der Waals surface area contributed by atoms with Gasteiger partial charge in [0.15, 0.2) is 0 Å². The lowest BCUT2D eigenvalue weighted by Crippen LogP contribution is -2.51. The van der Waals surface area contributed by atoms with Crippen LogP contribution in [-0.2, 0) is 24.1 Å². The van der Waals surface area contributed by atoms with E-state index in [1.807, 2.05) is 49.8 Å². The standard InChI is InChI=1S/C44H52N8O6.CH4.4H2S/c1-26(2)38(46-25-58-57-6)42(53)52-20-8-10-37(52)41-47-33-18-14-29(22-34(33)48-41)12-11-28-13-15-31-23-32(17-16-30(31)21-28)35-24-45-40(49-35)36-9-7-19-51(36)43(54)39(27(3)4)50-44(55)56-5;;;;;/h11-18,21-27,36-39H,7-10,19-20H2,1-6H3,(H,45,49)(H,47,48)(H,50,55);1H4;4*1H2/b12-11+,46-25?;;;;;/t36-,37-,38-,39-;;;;;/m0...../s1. The number of H-pyrrole nitrogens is 2. The van der Waals surface area contributed by atoms with E-state index >= 15 is 0 Å². The molecule has 0 aliphatic carbocycles. The smallest absolute Gasteiger partial charge is 0.407 e. The number of carbonyl (C=O) groups is 3. The van der Waals surface area contributed by atoms with Crippen molar-refractivity contribution < 1.29 is 28.9 Å². The monoisotopic (exact) mass is 940 g/mol. The van der Waals surface area contributed by atoms with Crippen LogP contribution < -0.4 is 5.32 Å². The number of aromatic nitrogens is 4. The van der Waals surface area contributed by atoms with Gasteiger partial charge >= 0.3 is 6.09 Å². The molecule has 63 heavy (non-hydrogen) atoms. The molecule has 4 heterocycles.